The number of rotatable bonds is 1. The summed E-state index contributed by atoms with van der Waals surface area (Å²) in [6.45, 7) is 2.11. The highest BCUT2D eigenvalue weighted by Gasteiger charge is 2.51. The zero-order valence-corrected chi connectivity index (χ0v) is 10.3. The van der Waals surface area contributed by atoms with Gasteiger partial charge in [-0.25, -0.2) is 0 Å². The molecule has 2 aliphatic rings. The summed E-state index contributed by atoms with van der Waals surface area (Å²) in [5, 5.41) is 11.8. The van der Waals surface area contributed by atoms with Crippen LogP contribution in [0.3, 0.4) is 0 Å². The number of hydrogen-bond acceptors (Lipinski definition) is 3. The lowest BCUT2D eigenvalue weighted by Crippen LogP contribution is -2.19. The number of anilines is 1. The van der Waals surface area contributed by atoms with E-state index in [0.29, 0.717) is 5.75 Å². The Bertz CT molecular complexity index is 549. The number of hydrogen-bond donors (Lipinski definition) is 1. The average Bonchev–Trinajstić information content (AvgIpc) is 3.01. The molecule has 3 nitrogen and oxygen atoms in total. The number of amides is 1. The fourth-order valence-corrected chi connectivity index (χ4v) is 3.10. The molecule has 1 N–H and O–H groups in total. The van der Waals surface area contributed by atoms with Crippen LogP contribution in [0.4, 0.5) is 5.69 Å². The van der Waals surface area contributed by atoms with Crippen molar-refractivity contribution < 1.29 is 4.79 Å². The molecule has 4 heteroatoms. The lowest BCUT2D eigenvalue weighted by Gasteiger charge is -2.19. The van der Waals surface area contributed by atoms with Crippen molar-refractivity contribution in [1.29, 1.82) is 5.26 Å². The molecule has 1 amide bonds. The zero-order chi connectivity index (χ0) is 12.0. The van der Waals surface area contributed by atoms with Crippen LogP contribution in [0.15, 0.2) is 23.1 Å². The predicted molar refractivity (Wildman–Crippen MR) is 66.9 cm³/mol. The molecule has 1 saturated carbocycles. The molecule has 3 rings (SSSR count). The third-order valence-corrected chi connectivity index (χ3v) is 4.74. The van der Waals surface area contributed by atoms with Gasteiger partial charge in [-0.2, -0.15) is 5.26 Å². The van der Waals surface area contributed by atoms with Gasteiger partial charge < -0.3 is 5.32 Å². The number of thioether (sulfide) groups is 1. The molecule has 0 spiro atoms. The van der Waals surface area contributed by atoms with Gasteiger partial charge in [-0.3, -0.25) is 4.79 Å². The van der Waals surface area contributed by atoms with Gasteiger partial charge in [0.2, 0.25) is 5.91 Å². The normalized spacial score (nSPS) is 30.1. The maximum Gasteiger partial charge on any atom is 0.234 e. The van der Waals surface area contributed by atoms with E-state index in [1.165, 1.54) is 0 Å². The number of fused-ring (bicyclic) bond motifs is 1. The molecule has 0 bridgehead atoms. The molecule has 0 saturated heterocycles. The SMILES string of the molecule is CC1(c2ccc3c(c2)NC(=O)CS3)CC1C#N. The van der Waals surface area contributed by atoms with Crippen LogP contribution in [0, 0.1) is 17.2 Å². The van der Waals surface area contributed by atoms with E-state index in [1.54, 1.807) is 11.8 Å². The van der Waals surface area contributed by atoms with Gasteiger partial charge in [-0.15, -0.1) is 11.8 Å². The van der Waals surface area contributed by atoms with Gasteiger partial charge in [-0.1, -0.05) is 13.0 Å². The second-order valence-electron chi connectivity index (χ2n) is 4.85. The minimum Gasteiger partial charge on any atom is -0.324 e. The van der Waals surface area contributed by atoms with E-state index in [-0.39, 0.29) is 17.2 Å². The summed E-state index contributed by atoms with van der Waals surface area (Å²) < 4.78 is 0. The Morgan fingerprint density at radius 2 is 2.41 bits per heavy atom. The molecule has 1 aliphatic carbocycles. The number of nitrogens with one attached hydrogen (secondary N) is 1. The summed E-state index contributed by atoms with van der Waals surface area (Å²) in [7, 11) is 0. The molecular weight excluding hydrogens is 232 g/mol. The standard InChI is InChI=1S/C13H12N2OS/c1-13(5-9(13)6-14)8-2-3-11-10(4-8)15-12(16)7-17-11/h2-4,9H,5,7H2,1H3,(H,15,16). The van der Waals surface area contributed by atoms with Crippen molar-refractivity contribution in [2.24, 2.45) is 5.92 Å². The zero-order valence-electron chi connectivity index (χ0n) is 9.49. The first-order chi connectivity index (χ1) is 8.13. The van der Waals surface area contributed by atoms with Crippen molar-refractivity contribution in [2.45, 2.75) is 23.7 Å². The number of nitriles is 1. The van der Waals surface area contributed by atoms with Gasteiger partial charge in [-0.05, 0) is 24.1 Å². The fraction of sp³-hybridized carbons (Fsp3) is 0.385. The summed E-state index contributed by atoms with van der Waals surface area (Å²) in [5.74, 6) is 0.662. The Morgan fingerprint density at radius 3 is 3.12 bits per heavy atom. The first kappa shape index (κ1) is 10.7. The highest BCUT2D eigenvalue weighted by Crippen LogP contribution is 2.54. The summed E-state index contributed by atoms with van der Waals surface area (Å²) in [5.41, 5.74) is 2.04. The summed E-state index contributed by atoms with van der Waals surface area (Å²) in [4.78, 5) is 12.5. The molecule has 1 aromatic carbocycles. The maximum atomic E-state index is 11.3. The monoisotopic (exact) mass is 244 g/mol. The Balaban J connectivity index is 1.97. The van der Waals surface area contributed by atoms with E-state index in [1.807, 2.05) is 12.1 Å². The lowest BCUT2D eigenvalue weighted by molar-refractivity contribution is -0.113. The molecule has 2 unspecified atom stereocenters. The quantitative estimate of drug-likeness (QED) is 0.826. The summed E-state index contributed by atoms with van der Waals surface area (Å²) in [6.07, 6.45) is 0.920. The maximum absolute atomic E-state index is 11.3. The van der Waals surface area contributed by atoms with Crippen LogP contribution < -0.4 is 5.32 Å². The number of benzene rings is 1. The van der Waals surface area contributed by atoms with E-state index in [2.05, 4.69) is 24.4 Å². The van der Waals surface area contributed by atoms with Crippen LogP contribution in [0.25, 0.3) is 0 Å². The summed E-state index contributed by atoms with van der Waals surface area (Å²) >= 11 is 1.57. The van der Waals surface area contributed by atoms with Crippen molar-refractivity contribution in [3.8, 4) is 6.07 Å². The highest BCUT2D eigenvalue weighted by molar-refractivity contribution is 8.00. The fourth-order valence-electron chi connectivity index (χ4n) is 2.31. The van der Waals surface area contributed by atoms with Crippen molar-refractivity contribution in [3.05, 3.63) is 23.8 Å². The van der Waals surface area contributed by atoms with Crippen LogP contribution in [-0.4, -0.2) is 11.7 Å². The number of nitrogens with zero attached hydrogens (tertiary/aromatic N) is 1. The van der Waals surface area contributed by atoms with Gasteiger partial charge in [0.25, 0.3) is 0 Å². The van der Waals surface area contributed by atoms with E-state index in [9.17, 15) is 4.79 Å². The van der Waals surface area contributed by atoms with Crippen LogP contribution >= 0.6 is 11.8 Å². The average molecular weight is 244 g/mol. The molecule has 2 atom stereocenters. The molecule has 86 valence electrons. The minimum atomic E-state index is -0.0172. The predicted octanol–water partition coefficient (Wildman–Crippen LogP) is 2.53. The molecule has 1 aromatic rings. The van der Waals surface area contributed by atoms with E-state index in [4.69, 9.17) is 5.26 Å². The van der Waals surface area contributed by atoms with Gasteiger partial charge in [0.05, 0.1) is 23.4 Å². The third kappa shape index (κ3) is 1.62. The largest absolute Gasteiger partial charge is 0.324 e. The lowest BCUT2D eigenvalue weighted by atomic mass is 9.95. The van der Waals surface area contributed by atoms with Crippen molar-refractivity contribution >= 4 is 23.4 Å². The minimum absolute atomic E-state index is 0.0172. The molecule has 1 heterocycles. The highest BCUT2D eigenvalue weighted by atomic mass is 32.2. The molecule has 0 radical (unpaired) electrons. The molecule has 17 heavy (non-hydrogen) atoms. The second-order valence-corrected chi connectivity index (χ2v) is 5.87. The summed E-state index contributed by atoms with van der Waals surface area (Å²) in [6, 6.07) is 8.48. The van der Waals surface area contributed by atoms with Crippen molar-refractivity contribution in [1.82, 2.24) is 0 Å². The Hall–Kier alpha value is -1.47. The smallest absolute Gasteiger partial charge is 0.234 e. The van der Waals surface area contributed by atoms with E-state index >= 15 is 0 Å². The van der Waals surface area contributed by atoms with Crippen LogP contribution in [-0.2, 0) is 10.2 Å². The third-order valence-electron chi connectivity index (χ3n) is 3.66. The molecule has 1 fully saturated rings. The first-order valence-corrected chi connectivity index (χ1v) is 6.59. The van der Waals surface area contributed by atoms with Gasteiger partial charge >= 0.3 is 0 Å². The number of carbonyl (C=O) groups is 1. The van der Waals surface area contributed by atoms with Crippen LogP contribution in [0.5, 0.6) is 0 Å². The molecular formula is C13H12N2OS. The molecule has 1 aliphatic heterocycles. The Kier molecular flexibility index (Phi) is 2.20. The van der Waals surface area contributed by atoms with Gasteiger partial charge in [0.15, 0.2) is 0 Å². The Morgan fingerprint density at radius 1 is 1.59 bits per heavy atom. The van der Waals surface area contributed by atoms with Crippen molar-refractivity contribution in [3.63, 3.8) is 0 Å². The van der Waals surface area contributed by atoms with Gasteiger partial charge in [0.1, 0.15) is 0 Å². The van der Waals surface area contributed by atoms with Crippen molar-refractivity contribution in [2.75, 3.05) is 11.1 Å². The second kappa shape index (κ2) is 3.51. The number of carbonyl (C=O) groups excluding carboxylic acids is 1. The van der Waals surface area contributed by atoms with Crippen LogP contribution in [0.1, 0.15) is 18.9 Å². The topological polar surface area (TPSA) is 52.9 Å². The van der Waals surface area contributed by atoms with E-state index < -0.39 is 0 Å². The molecule has 0 aromatic heterocycles. The van der Waals surface area contributed by atoms with E-state index in [0.717, 1.165) is 22.6 Å². The van der Waals surface area contributed by atoms with Gasteiger partial charge in [0, 0.05) is 10.3 Å². The first-order valence-electron chi connectivity index (χ1n) is 5.60. The van der Waals surface area contributed by atoms with Crippen LogP contribution in [0.2, 0.25) is 0 Å². The Labute approximate surface area is 104 Å².